The molecule has 20 heavy (non-hydrogen) atoms. The van der Waals surface area contributed by atoms with Gasteiger partial charge < -0.3 is 14.4 Å². The van der Waals surface area contributed by atoms with E-state index in [0.29, 0.717) is 6.61 Å². The Labute approximate surface area is 119 Å². The van der Waals surface area contributed by atoms with Crippen LogP contribution in [0.3, 0.4) is 0 Å². The lowest BCUT2D eigenvalue weighted by Crippen LogP contribution is -2.36. The molecule has 0 N–H and O–H groups in total. The number of nitrogens with zero attached hydrogens (tertiary/aromatic N) is 1. The van der Waals surface area contributed by atoms with Gasteiger partial charge in [0.15, 0.2) is 0 Å². The van der Waals surface area contributed by atoms with Crippen molar-refractivity contribution in [3.63, 3.8) is 0 Å². The normalized spacial score (nSPS) is 30.6. The van der Waals surface area contributed by atoms with Crippen LogP contribution in [0.2, 0.25) is 0 Å². The maximum Gasteiger partial charge on any atom is 0.332 e. The van der Waals surface area contributed by atoms with Gasteiger partial charge in [-0.15, -0.1) is 0 Å². The first-order valence-corrected chi connectivity index (χ1v) is 6.91. The topological polar surface area (TPSA) is 38.8 Å². The van der Waals surface area contributed by atoms with Crippen LogP contribution in [0.15, 0.2) is 42.1 Å². The summed E-state index contributed by atoms with van der Waals surface area (Å²) in [4.78, 5) is 13.8. The molecule has 3 rings (SSSR count). The van der Waals surface area contributed by atoms with Crippen LogP contribution < -0.4 is 0 Å². The van der Waals surface area contributed by atoms with Gasteiger partial charge in [-0.05, 0) is 18.9 Å². The first-order valence-electron chi connectivity index (χ1n) is 6.91. The quantitative estimate of drug-likeness (QED) is 0.613. The van der Waals surface area contributed by atoms with Crippen LogP contribution >= 0.6 is 0 Å². The highest BCUT2D eigenvalue weighted by molar-refractivity contribution is 5.82. The van der Waals surface area contributed by atoms with Gasteiger partial charge in [0.05, 0.1) is 19.8 Å². The largest absolute Gasteiger partial charge is 0.466 e. The van der Waals surface area contributed by atoms with Gasteiger partial charge >= 0.3 is 5.97 Å². The Morgan fingerprint density at radius 1 is 1.45 bits per heavy atom. The van der Waals surface area contributed by atoms with Crippen molar-refractivity contribution in [3.8, 4) is 0 Å². The number of ether oxygens (including phenoxy) is 2. The summed E-state index contributed by atoms with van der Waals surface area (Å²) in [6.07, 6.45) is 3.34. The van der Waals surface area contributed by atoms with Gasteiger partial charge in [0.1, 0.15) is 5.72 Å². The number of carbonyl (C=O) groups excluding carboxylic acids is 1. The average molecular weight is 273 g/mol. The predicted molar refractivity (Wildman–Crippen MR) is 74.7 cm³/mol. The molecule has 1 aromatic rings. The highest BCUT2D eigenvalue weighted by Gasteiger charge is 2.49. The molecule has 0 bridgehead atoms. The summed E-state index contributed by atoms with van der Waals surface area (Å²) < 4.78 is 10.8. The van der Waals surface area contributed by atoms with Crippen LogP contribution in [0.1, 0.15) is 31.4 Å². The number of rotatable bonds is 2. The summed E-state index contributed by atoms with van der Waals surface area (Å²) in [5, 5.41) is 0. The van der Waals surface area contributed by atoms with Crippen molar-refractivity contribution in [2.75, 3.05) is 13.7 Å². The monoisotopic (exact) mass is 273 g/mol. The Kier molecular flexibility index (Phi) is 3.26. The first-order chi connectivity index (χ1) is 9.64. The first kappa shape index (κ1) is 13.2. The Balaban J connectivity index is 1.95. The average Bonchev–Trinajstić information content (AvgIpc) is 2.96. The van der Waals surface area contributed by atoms with E-state index in [9.17, 15) is 4.79 Å². The lowest BCUT2D eigenvalue weighted by Gasteiger charge is -2.32. The number of methoxy groups -OCH3 is 1. The molecular formula is C16H19NO3. The summed E-state index contributed by atoms with van der Waals surface area (Å²) in [5.41, 5.74) is 1.92. The van der Waals surface area contributed by atoms with E-state index in [1.54, 1.807) is 6.08 Å². The minimum atomic E-state index is -0.305. The van der Waals surface area contributed by atoms with E-state index in [-0.39, 0.29) is 17.7 Å². The van der Waals surface area contributed by atoms with E-state index in [1.807, 2.05) is 18.2 Å². The third-order valence-electron chi connectivity index (χ3n) is 4.20. The molecule has 2 aliphatic rings. The molecule has 0 amide bonds. The minimum Gasteiger partial charge on any atom is -0.466 e. The Hall–Kier alpha value is -1.81. The Bertz CT molecular complexity index is 540. The van der Waals surface area contributed by atoms with Gasteiger partial charge in [-0.3, -0.25) is 0 Å². The van der Waals surface area contributed by atoms with E-state index in [0.717, 1.165) is 18.5 Å². The predicted octanol–water partition coefficient (Wildman–Crippen LogP) is 2.63. The molecule has 4 heteroatoms. The van der Waals surface area contributed by atoms with Gasteiger partial charge in [0.2, 0.25) is 0 Å². The second-order valence-corrected chi connectivity index (χ2v) is 5.44. The molecule has 0 spiro atoms. The van der Waals surface area contributed by atoms with Gasteiger partial charge in [0.25, 0.3) is 0 Å². The number of hydrogen-bond donors (Lipinski definition) is 0. The van der Waals surface area contributed by atoms with Gasteiger partial charge in [0, 0.05) is 18.2 Å². The van der Waals surface area contributed by atoms with Crippen molar-refractivity contribution in [2.45, 2.75) is 31.5 Å². The molecule has 0 radical (unpaired) electrons. The summed E-state index contributed by atoms with van der Waals surface area (Å²) >= 11 is 0. The molecule has 0 saturated carbocycles. The second-order valence-electron chi connectivity index (χ2n) is 5.44. The molecule has 106 valence electrons. The zero-order valence-electron chi connectivity index (χ0n) is 11.8. The molecule has 2 saturated heterocycles. The molecule has 2 atom stereocenters. The van der Waals surface area contributed by atoms with E-state index in [1.165, 1.54) is 12.7 Å². The molecule has 2 aliphatic heterocycles. The Morgan fingerprint density at radius 3 is 2.90 bits per heavy atom. The SMILES string of the molecule is COC(=O)/C=C1\CC[C@@]2(C)OC[C@H](c3ccccc3)N12. The van der Waals surface area contributed by atoms with Crippen LogP contribution in [0.5, 0.6) is 0 Å². The summed E-state index contributed by atoms with van der Waals surface area (Å²) in [5.74, 6) is -0.303. The van der Waals surface area contributed by atoms with E-state index in [2.05, 4.69) is 24.0 Å². The molecule has 0 aliphatic carbocycles. The lowest BCUT2D eigenvalue weighted by molar-refractivity contribution is -0.135. The zero-order chi connectivity index (χ0) is 14.2. The molecule has 0 aromatic heterocycles. The van der Waals surface area contributed by atoms with E-state index < -0.39 is 0 Å². The standard InChI is InChI=1S/C16H19NO3/c1-16-9-8-13(10-15(18)19-2)17(16)14(11-20-16)12-6-4-3-5-7-12/h3-7,10,14H,8-9,11H2,1-2H3/b13-10+/t14-,16-/m1/s1. The maximum atomic E-state index is 11.5. The molecular weight excluding hydrogens is 254 g/mol. The van der Waals surface area contributed by atoms with Crippen LogP contribution in [0.25, 0.3) is 0 Å². The van der Waals surface area contributed by atoms with Crippen LogP contribution in [-0.2, 0) is 14.3 Å². The number of carbonyl (C=O) groups is 1. The third kappa shape index (κ3) is 2.10. The van der Waals surface area contributed by atoms with Crippen LogP contribution in [-0.4, -0.2) is 30.3 Å². The van der Waals surface area contributed by atoms with Crippen molar-refractivity contribution in [3.05, 3.63) is 47.7 Å². The van der Waals surface area contributed by atoms with Gasteiger partial charge in [-0.25, -0.2) is 4.79 Å². The summed E-state index contributed by atoms with van der Waals surface area (Å²) in [6, 6.07) is 10.4. The molecule has 0 unspecified atom stereocenters. The zero-order valence-corrected chi connectivity index (χ0v) is 11.8. The van der Waals surface area contributed by atoms with Crippen molar-refractivity contribution in [1.29, 1.82) is 0 Å². The summed E-state index contributed by atoms with van der Waals surface area (Å²) in [6.45, 7) is 2.74. The Morgan fingerprint density at radius 2 is 2.20 bits per heavy atom. The van der Waals surface area contributed by atoms with Crippen LogP contribution in [0, 0.1) is 0 Å². The highest BCUT2D eigenvalue weighted by Crippen LogP contribution is 2.48. The number of hydrogen-bond acceptors (Lipinski definition) is 4. The van der Waals surface area contributed by atoms with Crippen molar-refractivity contribution < 1.29 is 14.3 Å². The fourth-order valence-electron chi connectivity index (χ4n) is 3.17. The fraction of sp³-hybridized carbons (Fsp3) is 0.438. The molecule has 4 nitrogen and oxygen atoms in total. The fourth-order valence-corrected chi connectivity index (χ4v) is 3.17. The molecule has 2 fully saturated rings. The second kappa shape index (κ2) is 4.94. The third-order valence-corrected chi connectivity index (χ3v) is 4.20. The van der Waals surface area contributed by atoms with Crippen molar-refractivity contribution in [2.24, 2.45) is 0 Å². The number of allylic oxidation sites excluding steroid dienone is 1. The number of fused-ring (bicyclic) bond motifs is 1. The lowest BCUT2D eigenvalue weighted by atomic mass is 10.1. The highest BCUT2D eigenvalue weighted by atomic mass is 16.5. The van der Waals surface area contributed by atoms with E-state index in [4.69, 9.17) is 9.47 Å². The molecule has 2 heterocycles. The van der Waals surface area contributed by atoms with Crippen molar-refractivity contribution >= 4 is 5.97 Å². The van der Waals surface area contributed by atoms with Crippen LogP contribution in [0.4, 0.5) is 0 Å². The maximum absolute atomic E-state index is 11.5. The molecule has 1 aromatic carbocycles. The van der Waals surface area contributed by atoms with E-state index >= 15 is 0 Å². The number of benzene rings is 1. The smallest absolute Gasteiger partial charge is 0.332 e. The number of esters is 1. The minimum absolute atomic E-state index is 0.166. The van der Waals surface area contributed by atoms with Gasteiger partial charge in [-0.2, -0.15) is 0 Å². The van der Waals surface area contributed by atoms with Crippen molar-refractivity contribution in [1.82, 2.24) is 4.90 Å². The summed E-state index contributed by atoms with van der Waals surface area (Å²) in [7, 11) is 1.41. The van der Waals surface area contributed by atoms with Gasteiger partial charge in [-0.1, -0.05) is 30.3 Å².